The summed E-state index contributed by atoms with van der Waals surface area (Å²) in [5.74, 6) is 0.998. The second-order valence-electron chi connectivity index (χ2n) is 6.82. The molecule has 4 heteroatoms. The Morgan fingerprint density at radius 1 is 1.04 bits per heavy atom. The van der Waals surface area contributed by atoms with Gasteiger partial charge in [0.25, 0.3) is 0 Å². The van der Waals surface area contributed by atoms with Crippen LogP contribution in [0.2, 0.25) is 0 Å². The van der Waals surface area contributed by atoms with Crippen LogP contribution < -0.4 is 4.90 Å². The number of rotatable bonds is 5. The van der Waals surface area contributed by atoms with Crippen LogP contribution in [0.25, 0.3) is 11.0 Å². The van der Waals surface area contributed by atoms with Gasteiger partial charge in [-0.3, -0.25) is 4.98 Å². The molecule has 128 valence electrons. The van der Waals surface area contributed by atoms with Crippen molar-refractivity contribution in [3.8, 4) is 0 Å². The number of para-hydroxylation sites is 2. The highest BCUT2D eigenvalue weighted by Crippen LogP contribution is 2.22. The third-order valence-corrected chi connectivity index (χ3v) is 5.14. The fourth-order valence-corrected chi connectivity index (χ4v) is 3.54. The van der Waals surface area contributed by atoms with Crippen LogP contribution >= 0.6 is 0 Å². The van der Waals surface area contributed by atoms with Gasteiger partial charge in [-0.05, 0) is 37.6 Å². The van der Waals surface area contributed by atoms with Gasteiger partial charge in [-0.2, -0.15) is 0 Å². The first kappa shape index (κ1) is 16.0. The molecule has 0 saturated carbocycles. The van der Waals surface area contributed by atoms with E-state index < -0.39 is 0 Å². The molecule has 2 heterocycles. The lowest BCUT2D eigenvalue weighted by Crippen LogP contribution is -2.36. The molecule has 1 aliphatic rings. The highest BCUT2D eigenvalue weighted by atomic mass is 15.3. The Kier molecular flexibility index (Phi) is 4.61. The summed E-state index contributed by atoms with van der Waals surface area (Å²) in [6.45, 7) is 3.16. The van der Waals surface area contributed by atoms with E-state index in [-0.39, 0.29) is 0 Å². The lowest BCUT2D eigenvalue weighted by Gasteiger charge is -2.25. The molecule has 4 nitrogen and oxygen atoms in total. The van der Waals surface area contributed by atoms with Crippen LogP contribution in [-0.2, 0) is 6.42 Å². The number of benzene rings is 2. The molecule has 0 radical (unpaired) electrons. The SMILES string of the molecule is CN(CCc1ccccc1)C1CCN(c2cnc3ccccc3n2)C1. The summed E-state index contributed by atoms with van der Waals surface area (Å²) in [6, 6.07) is 19.4. The molecule has 2 aromatic carbocycles. The van der Waals surface area contributed by atoms with Gasteiger partial charge < -0.3 is 9.80 Å². The molecule has 0 N–H and O–H groups in total. The smallest absolute Gasteiger partial charge is 0.147 e. The molecule has 1 aliphatic heterocycles. The lowest BCUT2D eigenvalue weighted by molar-refractivity contribution is 0.262. The first-order valence-corrected chi connectivity index (χ1v) is 9.00. The minimum Gasteiger partial charge on any atom is -0.354 e. The van der Waals surface area contributed by atoms with E-state index in [1.165, 1.54) is 12.0 Å². The lowest BCUT2D eigenvalue weighted by atomic mass is 10.1. The van der Waals surface area contributed by atoms with Crippen LogP contribution in [0.1, 0.15) is 12.0 Å². The van der Waals surface area contributed by atoms with Crippen molar-refractivity contribution in [2.75, 3.05) is 31.6 Å². The van der Waals surface area contributed by atoms with Crippen molar-refractivity contribution in [1.29, 1.82) is 0 Å². The van der Waals surface area contributed by atoms with E-state index in [4.69, 9.17) is 4.98 Å². The summed E-state index contributed by atoms with van der Waals surface area (Å²) >= 11 is 0. The minimum atomic E-state index is 0.581. The molecule has 1 fully saturated rings. The summed E-state index contributed by atoms with van der Waals surface area (Å²) in [4.78, 5) is 14.2. The topological polar surface area (TPSA) is 32.3 Å². The molecule has 0 amide bonds. The summed E-state index contributed by atoms with van der Waals surface area (Å²) in [6.07, 6.45) is 4.19. The van der Waals surface area contributed by atoms with Crippen LogP contribution in [0.4, 0.5) is 5.82 Å². The average molecular weight is 332 g/mol. The molecule has 1 saturated heterocycles. The van der Waals surface area contributed by atoms with Crippen LogP contribution in [0, 0.1) is 0 Å². The molecule has 3 aromatic rings. The predicted octanol–water partition coefficient (Wildman–Crippen LogP) is 3.38. The quantitative estimate of drug-likeness (QED) is 0.717. The Balaban J connectivity index is 1.38. The molecule has 0 spiro atoms. The highest BCUT2D eigenvalue weighted by molar-refractivity contribution is 5.75. The Morgan fingerprint density at radius 3 is 2.64 bits per heavy atom. The molecule has 0 aliphatic carbocycles. The van der Waals surface area contributed by atoms with E-state index in [9.17, 15) is 0 Å². The number of likely N-dealkylation sites (N-methyl/N-ethyl adjacent to an activating group) is 1. The van der Waals surface area contributed by atoms with Crippen molar-refractivity contribution in [3.05, 3.63) is 66.4 Å². The first-order valence-electron chi connectivity index (χ1n) is 9.00. The largest absolute Gasteiger partial charge is 0.354 e. The maximum absolute atomic E-state index is 4.79. The molecule has 0 bridgehead atoms. The van der Waals surface area contributed by atoms with Crippen LogP contribution in [-0.4, -0.2) is 47.6 Å². The molecule has 25 heavy (non-hydrogen) atoms. The molecule has 4 rings (SSSR count). The maximum atomic E-state index is 4.79. The third-order valence-electron chi connectivity index (χ3n) is 5.14. The predicted molar refractivity (Wildman–Crippen MR) is 103 cm³/mol. The van der Waals surface area contributed by atoms with E-state index in [0.29, 0.717) is 6.04 Å². The van der Waals surface area contributed by atoms with Gasteiger partial charge in [-0.1, -0.05) is 42.5 Å². The van der Waals surface area contributed by atoms with Gasteiger partial charge in [0.1, 0.15) is 5.82 Å². The van der Waals surface area contributed by atoms with E-state index in [0.717, 1.165) is 42.9 Å². The number of hydrogen-bond donors (Lipinski definition) is 0. The molecular weight excluding hydrogens is 308 g/mol. The highest BCUT2D eigenvalue weighted by Gasteiger charge is 2.26. The Hall–Kier alpha value is -2.46. The zero-order valence-corrected chi connectivity index (χ0v) is 14.7. The number of aromatic nitrogens is 2. The van der Waals surface area contributed by atoms with Crippen LogP contribution in [0.15, 0.2) is 60.8 Å². The number of nitrogens with zero attached hydrogens (tertiary/aromatic N) is 4. The monoisotopic (exact) mass is 332 g/mol. The Bertz CT molecular complexity index is 833. The normalized spacial score (nSPS) is 17.5. The number of anilines is 1. The Morgan fingerprint density at radius 2 is 1.80 bits per heavy atom. The van der Waals surface area contributed by atoms with Crippen molar-refractivity contribution in [2.45, 2.75) is 18.9 Å². The van der Waals surface area contributed by atoms with E-state index >= 15 is 0 Å². The van der Waals surface area contributed by atoms with Crippen LogP contribution in [0.3, 0.4) is 0 Å². The van der Waals surface area contributed by atoms with Gasteiger partial charge in [0, 0.05) is 25.7 Å². The maximum Gasteiger partial charge on any atom is 0.147 e. The number of fused-ring (bicyclic) bond motifs is 1. The fraction of sp³-hybridized carbons (Fsp3) is 0.333. The fourth-order valence-electron chi connectivity index (χ4n) is 3.54. The van der Waals surface area contributed by atoms with Gasteiger partial charge in [-0.15, -0.1) is 0 Å². The van der Waals surface area contributed by atoms with Crippen molar-refractivity contribution in [1.82, 2.24) is 14.9 Å². The Labute approximate surface area is 149 Å². The van der Waals surface area contributed by atoms with Crippen molar-refractivity contribution < 1.29 is 0 Å². The molecule has 1 aromatic heterocycles. The standard InChI is InChI=1S/C21H24N4/c1-24(13-11-17-7-3-2-4-8-17)18-12-14-25(16-18)21-15-22-19-9-5-6-10-20(19)23-21/h2-10,15,18H,11-14,16H2,1H3. The minimum absolute atomic E-state index is 0.581. The van der Waals surface area contributed by atoms with Crippen molar-refractivity contribution in [3.63, 3.8) is 0 Å². The zero-order valence-electron chi connectivity index (χ0n) is 14.7. The van der Waals surface area contributed by atoms with E-state index in [1.807, 2.05) is 30.5 Å². The summed E-state index contributed by atoms with van der Waals surface area (Å²) < 4.78 is 0. The second-order valence-corrected chi connectivity index (χ2v) is 6.82. The van der Waals surface area contributed by atoms with Gasteiger partial charge in [0.05, 0.1) is 17.2 Å². The van der Waals surface area contributed by atoms with Gasteiger partial charge >= 0.3 is 0 Å². The molecular formula is C21H24N4. The second kappa shape index (κ2) is 7.19. The van der Waals surface area contributed by atoms with Gasteiger partial charge in [-0.25, -0.2) is 4.98 Å². The van der Waals surface area contributed by atoms with E-state index in [1.54, 1.807) is 0 Å². The first-order chi connectivity index (χ1) is 12.3. The van der Waals surface area contributed by atoms with Crippen LogP contribution in [0.5, 0.6) is 0 Å². The summed E-state index contributed by atoms with van der Waals surface area (Å²) in [5.41, 5.74) is 3.34. The third kappa shape index (κ3) is 3.64. The zero-order chi connectivity index (χ0) is 17.1. The summed E-state index contributed by atoms with van der Waals surface area (Å²) in [5, 5.41) is 0. The van der Waals surface area contributed by atoms with Crippen molar-refractivity contribution in [2.24, 2.45) is 0 Å². The average Bonchev–Trinajstić information content (AvgIpc) is 3.17. The number of hydrogen-bond acceptors (Lipinski definition) is 4. The van der Waals surface area contributed by atoms with Crippen molar-refractivity contribution >= 4 is 16.9 Å². The van der Waals surface area contributed by atoms with Gasteiger partial charge in [0.2, 0.25) is 0 Å². The summed E-state index contributed by atoms with van der Waals surface area (Å²) in [7, 11) is 2.24. The molecule has 1 atom stereocenters. The van der Waals surface area contributed by atoms with E-state index in [2.05, 4.69) is 52.2 Å². The van der Waals surface area contributed by atoms with Gasteiger partial charge in [0.15, 0.2) is 0 Å². The molecule has 1 unspecified atom stereocenters.